The average Bonchev–Trinajstić information content (AvgIpc) is 2.18. The topological polar surface area (TPSA) is 12.0 Å². The van der Waals surface area contributed by atoms with Crippen LogP contribution in [0.5, 0.6) is 0 Å². The molecular formula is C13H25N. The molecule has 1 aliphatic rings. The highest BCUT2D eigenvalue weighted by Crippen LogP contribution is 2.29. The van der Waals surface area contributed by atoms with E-state index in [1.807, 2.05) is 0 Å². The lowest BCUT2D eigenvalue weighted by atomic mass is 9.79. The van der Waals surface area contributed by atoms with Gasteiger partial charge in [-0.1, -0.05) is 26.0 Å². The van der Waals surface area contributed by atoms with Crippen molar-refractivity contribution in [1.29, 1.82) is 0 Å². The van der Waals surface area contributed by atoms with Gasteiger partial charge < -0.3 is 5.32 Å². The molecule has 1 aliphatic carbocycles. The molecule has 1 N–H and O–H groups in total. The van der Waals surface area contributed by atoms with Gasteiger partial charge in [0.1, 0.15) is 0 Å². The fourth-order valence-corrected chi connectivity index (χ4v) is 2.27. The molecule has 1 saturated carbocycles. The van der Waals surface area contributed by atoms with Crippen LogP contribution in [0, 0.1) is 11.8 Å². The average molecular weight is 195 g/mol. The summed E-state index contributed by atoms with van der Waals surface area (Å²) < 4.78 is 0. The van der Waals surface area contributed by atoms with Crippen LogP contribution in [0.15, 0.2) is 12.2 Å². The van der Waals surface area contributed by atoms with Crippen LogP contribution in [0.25, 0.3) is 0 Å². The largest absolute Gasteiger partial charge is 0.314 e. The molecule has 82 valence electrons. The van der Waals surface area contributed by atoms with E-state index in [1.165, 1.54) is 25.7 Å². The van der Waals surface area contributed by atoms with Crippen LogP contribution >= 0.6 is 0 Å². The maximum Gasteiger partial charge on any atom is 0.00699 e. The van der Waals surface area contributed by atoms with Gasteiger partial charge in [-0.3, -0.25) is 0 Å². The zero-order valence-electron chi connectivity index (χ0n) is 9.92. The molecule has 1 rings (SSSR count). The van der Waals surface area contributed by atoms with Crippen LogP contribution in [0.4, 0.5) is 0 Å². The van der Waals surface area contributed by atoms with Crippen LogP contribution in [0.1, 0.15) is 46.5 Å². The minimum Gasteiger partial charge on any atom is -0.314 e. The highest BCUT2D eigenvalue weighted by atomic mass is 14.9. The predicted molar refractivity (Wildman–Crippen MR) is 63.4 cm³/mol. The molecule has 1 fully saturated rings. The van der Waals surface area contributed by atoms with Gasteiger partial charge in [0, 0.05) is 6.04 Å². The quantitative estimate of drug-likeness (QED) is 0.536. The van der Waals surface area contributed by atoms with Crippen LogP contribution in [0.2, 0.25) is 0 Å². The second kappa shape index (κ2) is 6.23. The summed E-state index contributed by atoms with van der Waals surface area (Å²) in [6.07, 6.45) is 9.70. The number of hydrogen-bond acceptors (Lipinski definition) is 1. The Kier molecular flexibility index (Phi) is 5.24. The lowest BCUT2D eigenvalue weighted by Crippen LogP contribution is -2.36. The van der Waals surface area contributed by atoms with E-state index >= 15 is 0 Å². The smallest absolute Gasteiger partial charge is 0.00699 e. The van der Waals surface area contributed by atoms with E-state index in [0.717, 1.165) is 24.4 Å². The summed E-state index contributed by atoms with van der Waals surface area (Å²) in [6.45, 7) is 8.02. The zero-order chi connectivity index (χ0) is 10.4. The van der Waals surface area contributed by atoms with Crippen molar-refractivity contribution in [2.24, 2.45) is 11.8 Å². The molecule has 0 amide bonds. The third-order valence-electron chi connectivity index (χ3n) is 3.58. The monoisotopic (exact) mass is 195 g/mol. The molecule has 1 nitrogen and oxygen atoms in total. The molecule has 0 radical (unpaired) electrons. The Morgan fingerprint density at radius 3 is 2.64 bits per heavy atom. The van der Waals surface area contributed by atoms with E-state index in [2.05, 4.69) is 38.2 Å². The number of allylic oxidation sites excluding steroid dienone is 1. The molecule has 1 heteroatoms. The van der Waals surface area contributed by atoms with Crippen molar-refractivity contribution < 1.29 is 0 Å². The van der Waals surface area contributed by atoms with E-state index in [1.54, 1.807) is 0 Å². The SMILES string of the molecule is C/C=C/CCNC1CCC(C)C(C)C1. The van der Waals surface area contributed by atoms with E-state index in [4.69, 9.17) is 0 Å². The van der Waals surface area contributed by atoms with Crippen molar-refractivity contribution in [3.05, 3.63) is 12.2 Å². The van der Waals surface area contributed by atoms with Gasteiger partial charge in [0.15, 0.2) is 0 Å². The van der Waals surface area contributed by atoms with Gasteiger partial charge >= 0.3 is 0 Å². The first-order valence-corrected chi connectivity index (χ1v) is 6.08. The Morgan fingerprint density at radius 1 is 1.21 bits per heavy atom. The summed E-state index contributed by atoms with van der Waals surface area (Å²) in [5.74, 6) is 1.84. The van der Waals surface area contributed by atoms with Gasteiger partial charge in [-0.25, -0.2) is 0 Å². The Labute approximate surface area is 89.0 Å². The minimum absolute atomic E-state index is 0.784. The molecule has 0 spiro atoms. The molecule has 0 heterocycles. The van der Waals surface area contributed by atoms with E-state index in [9.17, 15) is 0 Å². The van der Waals surface area contributed by atoms with Gasteiger partial charge in [-0.2, -0.15) is 0 Å². The van der Waals surface area contributed by atoms with Gasteiger partial charge in [0.25, 0.3) is 0 Å². The molecular weight excluding hydrogens is 170 g/mol. The molecule has 3 unspecified atom stereocenters. The molecule has 0 aromatic rings. The van der Waals surface area contributed by atoms with Crippen molar-refractivity contribution in [3.8, 4) is 0 Å². The number of hydrogen-bond donors (Lipinski definition) is 1. The first-order valence-electron chi connectivity index (χ1n) is 6.08. The number of nitrogens with one attached hydrogen (secondary N) is 1. The third-order valence-corrected chi connectivity index (χ3v) is 3.58. The Balaban J connectivity index is 2.13. The molecule has 0 bridgehead atoms. The normalized spacial score (nSPS) is 33.8. The fourth-order valence-electron chi connectivity index (χ4n) is 2.27. The van der Waals surface area contributed by atoms with Crippen LogP contribution < -0.4 is 5.32 Å². The Bertz CT molecular complexity index is 174. The van der Waals surface area contributed by atoms with Crippen molar-refractivity contribution in [3.63, 3.8) is 0 Å². The highest BCUT2D eigenvalue weighted by molar-refractivity contribution is 4.82. The third kappa shape index (κ3) is 3.83. The van der Waals surface area contributed by atoms with Crippen molar-refractivity contribution >= 4 is 0 Å². The maximum absolute atomic E-state index is 3.66. The van der Waals surface area contributed by atoms with Gasteiger partial charge in [-0.05, 0) is 51.0 Å². The Hall–Kier alpha value is -0.300. The molecule has 0 aromatic carbocycles. The minimum atomic E-state index is 0.784. The van der Waals surface area contributed by atoms with Crippen molar-refractivity contribution in [2.75, 3.05) is 6.54 Å². The first-order chi connectivity index (χ1) is 6.74. The standard InChI is InChI=1S/C13H25N/c1-4-5-6-9-14-13-8-7-11(2)12(3)10-13/h4-5,11-14H,6-10H2,1-3H3/b5-4+. The molecule has 0 saturated heterocycles. The lowest BCUT2D eigenvalue weighted by Gasteiger charge is -2.32. The highest BCUT2D eigenvalue weighted by Gasteiger charge is 2.23. The second-order valence-corrected chi connectivity index (χ2v) is 4.78. The Morgan fingerprint density at radius 2 is 2.00 bits per heavy atom. The maximum atomic E-state index is 3.66. The summed E-state index contributed by atoms with van der Waals surface area (Å²) in [6, 6.07) is 0.784. The molecule has 0 aliphatic heterocycles. The van der Waals surface area contributed by atoms with Crippen LogP contribution in [-0.4, -0.2) is 12.6 Å². The van der Waals surface area contributed by atoms with E-state index in [-0.39, 0.29) is 0 Å². The van der Waals surface area contributed by atoms with Crippen molar-refractivity contribution in [1.82, 2.24) is 5.32 Å². The summed E-state index contributed by atoms with van der Waals surface area (Å²) >= 11 is 0. The number of rotatable bonds is 4. The predicted octanol–water partition coefficient (Wildman–Crippen LogP) is 3.37. The molecule has 0 aromatic heterocycles. The second-order valence-electron chi connectivity index (χ2n) is 4.78. The fraction of sp³-hybridized carbons (Fsp3) is 0.846. The first kappa shape index (κ1) is 11.8. The van der Waals surface area contributed by atoms with Gasteiger partial charge in [0.2, 0.25) is 0 Å². The lowest BCUT2D eigenvalue weighted by molar-refractivity contribution is 0.227. The van der Waals surface area contributed by atoms with Gasteiger partial charge in [0.05, 0.1) is 0 Å². The summed E-state index contributed by atoms with van der Waals surface area (Å²) in [7, 11) is 0. The van der Waals surface area contributed by atoms with Crippen LogP contribution in [0.3, 0.4) is 0 Å². The van der Waals surface area contributed by atoms with E-state index in [0.29, 0.717) is 0 Å². The summed E-state index contributed by atoms with van der Waals surface area (Å²) in [4.78, 5) is 0. The molecule has 3 atom stereocenters. The van der Waals surface area contributed by atoms with Gasteiger partial charge in [-0.15, -0.1) is 0 Å². The van der Waals surface area contributed by atoms with Crippen molar-refractivity contribution in [2.45, 2.75) is 52.5 Å². The summed E-state index contributed by atoms with van der Waals surface area (Å²) in [5, 5.41) is 3.66. The molecule has 14 heavy (non-hydrogen) atoms. The summed E-state index contributed by atoms with van der Waals surface area (Å²) in [5.41, 5.74) is 0. The zero-order valence-corrected chi connectivity index (χ0v) is 9.92. The van der Waals surface area contributed by atoms with E-state index < -0.39 is 0 Å². The van der Waals surface area contributed by atoms with Crippen LogP contribution in [-0.2, 0) is 0 Å².